The van der Waals surface area contributed by atoms with Crippen LogP contribution in [0.3, 0.4) is 0 Å². The summed E-state index contributed by atoms with van der Waals surface area (Å²) in [6.45, 7) is 6.75. The number of carboxylic acids is 1. The van der Waals surface area contributed by atoms with E-state index in [0.29, 0.717) is 0 Å². The largest absolute Gasteiger partial charge is 0.479 e. The van der Waals surface area contributed by atoms with Crippen LogP contribution >= 0.6 is 0 Å². The van der Waals surface area contributed by atoms with Gasteiger partial charge in [0.2, 0.25) is 0 Å². The summed E-state index contributed by atoms with van der Waals surface area (Å²) in [5, 5.41) is 92.6. The highest BCUT2D eigenvalue weighted by Gasteiger charge is 2.64. The molecule has 16 atom stereocenters. The van der Waals surface area contributed by atoms with Gasteiger partial charge in [0, 0.05) is 18.9 Å². The molecule has 2 saturated carbocycles. The fraction of sp³-hybridized carbons (Fsp3) is 0.970. The van der Waals surface area contributed by atoms with E-state index in [4.69, 9.17) is 28.4 Å². The lowest BCUT2D eigenvalue weighted by Crippen LogP contribution is -2.76. The summed E-state index contributed by atoms with van der Waals surface area (Å²) in [7, 11) is 0. The van der Waals surface area contributed by atoms with E-state index in [9.17, 15) is 50.8 Å². The van der Waals surface area contributed by atoms with Crippen LogP contribution in [0.25, 0.3) is 0 Å². The Morgan fingerprint density at radius 1 is 0.837 bits per heavy atom. The average Bonchev–Trinajstić information content (AvgIpc) is 3.90. The van der Waals surface area contributed by atoms with Crippen molar-refractivity contribution in [3.8, 4) is 0 Å². The summed E-state index contributed by atoms with van der Waals surface area (Å²) in [4.78, 5) is 12.2. The standard InChI is InChI=1S/C33H58O16/c1-15(2)19(16(3)9-44-14-25-31(40)33(43)7-21(47-25)30(33)39)10-45-13-24-28(38)27(37)20(29(49-24)32(41)42)11-46-12-23(26(36)18-5-6-18)48-22(8-34)17(4)35/h15-31,34-40,43H,5-14H2,1-4H3,(H,41,42)/t16?,17?,19?,20-,21?,22?,23-,24-,25-,26?,27?,28?,29?,30+,31?,33?/m0/s1. The van der Waals surface area contributed by atoms with Crippen molar-refractivity contribution in [2.45, 2.75) is 126 Å². The first kappa shape index (κ1) is 40.7. The molecule has 0 aromatic heterocycles. The molecule has 2 bridgehead atoms. The molecular formula is C33H58O16. The molecule has 5 fully saturated rings. The Kier molecular flexibility index (Phi) is 14.6. The Labute approximate surface area is 286 Å². The van der Waals surface area contributed by atoms with Gasteiger partial charge in [-0.3, -0.25) is 0 Å². The van der Waals surface area contributed by atoms with Crippen molar-refractivity contribution in [1.29, 1.82) is 0 Å². The van der Waals surface area contributed by atoms with Crippen molar-refractivity contribution < 1.29 is 79.2 Å². The predicted octanol–water partition coefficient (Wildman–Crippen LogP) is -2.34. The van der Waals surface area contributed by atoms with Crippen LogP contribution in [-0.2, 0) is 33.2 Å². The SMILES string of the molecule is CC(C)C(COC[C@@H]1OC(C(=O)O)[C@@H](COC[C@H](OC(CO)C(C)O)C(O)C2CC2)C(O)C1O)C(C)COC[C@@H]1OC2CC(O)(C1O)[C@@H]2O. The third-order valence-electron chi connectivity index (χ3n) is 10.7. The monoisotopic (exact) mass is 710 g/mol. The fourth-order valence-electron chi connectivity index (χ4n) is 7.11. The minimum atomic E-state index is -1.58. The first-order valence-corrected chi connectivity index (χ1v) is 17.4. The molecule has 5 rings (SSSR count). The fourth-order valence-corrected chi connectivity index (χ4v) is 7.11. The Morgan fingerprint density at radius 3 is 2.04 bits per heavy atom. The minimum absolute atomic E-state index is 0.0213. The normalized spacial score (nSPS) is 38.3. The highest BCUT2D eigenvalue weighted by atomic mass is 16.6. The highest BCUT2D eigenvalue weighted by Crippen LogP contribution is 2.45. The van der Waals surface area contributed by atoms with E-state index in [2.05, 4.69) is 0 Å². The van der Waals surface area contributed by atoms with Crippen LogP contribution in [-0.4, -0.2) is 177 Å². The van der Waals surface area contributed by atoms with Gasteiger partial charge in [0.25, 0.3) is 0 Å². The van der Waals surface area contributed by atoms with Gasteiger partial charge in [0.1, 0.15) is 48.3 Å². The maximum atomic E-state index is 12.2. The van der Waals surface area contributed by atoms with Crippen molar-refractivity contribution in [1.82, 2.24) is 0 Å². The van der Waals surface area contributed by atoms with E-state index in [0.717, 1.165) is 12.8 Å². The lowest BCUT2D eigenvalue weighted by Gasteiger charge is -2.57. The average molecular weight is 711 g/mol. The molecule has 3 saturated heterocycles. The van der Waals surface area contributed by atoms with Gasteiger partial charge in [-0.05, 0) is 43.4 Å². The van der Waals surface area contributed by atoms with Gasteiger partial charge in [-0.2, -0.15) is 0 Å². The van der Waals surface area contributed by atoms with Gasteiger partial charge >= 0.3 is 5.97 Å². The molecular weight excluding hydrogens is 652 g/mol. The quantitative estimate of drug-likeness (QED) is 0.0605. The molecule has 0 amide bonds. The van der Waals surface area contributed by atoms with Gasteiger partial charge < -0.3 is 74.4 Å². The maximum Gasteiger partial charge on any atom is 0.333 e. The number of rotatable bonds is 21. The number of hydrogen-bond acceptors (Lipinski definition) is 15. The van der Waals surface area contributed by atoms with Crippen LogP contribution in [0.2, 0.25) is 0 Å². The number of carbonyl (C=O) groups is 1. The number of fused-ring (bicyclic) bond motifs is 2. The molecule has 9 N–H and O–H groups in total. The zero-order valence-electron chi connectivity index (χ0n) is 28.8. The third kappa shape index (κ3) is 9.67. The molecule has 5 aliphatic rings. The minimum Gasteiger partial charge on any atom is -0.479 e. The van der Waals surface area contributed by atoms with Crippen molar-refractivity contribution >= 4 is 5.97 Å². The molecule has 286 valence electrons. The molecule has 16 nitrogen and oxygen atoms in total. The van der Waals surface area contributed by atoms with E-state index >= 15 is 0 Å². The summed E-state index contributed by atoms with van der Waals surface area (Å²) in [6.07, 6.45) is -11.5. The van der Waals surface area contributed by atoms with Crippen molar-refractivity contribution in [3.63, 3.8) is 0 Å². The Bertz CT molecular complexity index is 1030. The number of ether oxygens (including phenoxy) is 6. The second-order valence-electron chi connectivity index (χ2n) is 14.8. The first-order chi connectivity index (χ1) is 23.1. The van der Waals surface area contributed by atoms with Crippen molar-refractivity contribution in [2.75, 3.05) is 46.2 Å². The van der Waals surface area contributed by atoms with E-state index < -0.39 is 97.3 Å². The molecule has 16 heteroatoms. The van der Waals surface area contributed by atoms with Crippen LogP contribution < -0.4 is 0 Å². The van der Waals surface area contributed by atoms with Crippen molar-refractivity contribution in [2.24, 2.45) is 29.6 Å². The maximum absolute atomic E-state index is 12.2. The van der Waals surface area contributed by atoms with Crippen LogP contribution in [0.1, 0.15) is 47.0 Å². The van der Waals surface area contributed by atoms with E-state index in [1.165, 1.54) is 6.92 Å². The third-order valence-corrected chi connectivity index (χ3v) is 10.7. The molecule has 0 radical (unpaired) electrons. The molecule has 2 aliphatic carbocycles. The topological polar surface area (TPSA) is 255 Å². The number of carboxylic acid groups (broad SMARTS) is 1. The summed E-state index contributed by atoms with van der Waals surface area (Å²) in [6, 6.07) is 0. The summed E-state index contributed by atoms with van der Waals surface area (Å²) < 4.78 is 34.5. The smallest absolute Gasteiger partial charge is 0.333 e. The molecule has 49 heavy (non-hydrogen) atoms. The van der Waals surface area contributed by atoms with Crippen LogP contribution in [0.5, 0.6) is 0 Å². The Balaban J connectivity index is 1.24. The van der Waals surface area contributed by atoms with Crippen molar-refractivity contribution in [3.05, 3.63) is 0 Å². The molecule has 0 aromatic carbocycles. The lowest BCUT2D eigenvalue weighted by molar-refractivity contribution is -0.344. The first-order valence-electron chi connectivity index (χ1n) is 17.4. The summed E-state index contributed by atoms with van der Waals surface area (Å²) in [5.74, 6) is -2.45. The lowest BCUT2D eigenvalue weighted by atomic mass is 9.67. The van der Waals surface area contributed by atoms with Gasteiger partial charge in [-0.25, -0.2) is 4.79 Å². The number of aliphatic carboxylic acids is 1. The van der Waals surface area contributed by atoms with E-state index in [1.54, 1.807) is 0 Å². The molecule has 3 aliphatic heterocycles. The highest BCUT2D eigenvalue weighted by molar-refractivity contribution is 5.73. The van der Waals surface area contributed by atoms with Gasteiger partial charge in [-0.15, -0.1) is 0 Å². The molecule has 0 aromatic rings. The zero-order valence-corrected chi connectivity index (χ0v) is 28.8. The molecule has 3 heterocycles. The van der Waals surface area contributed by atoms with E-state index in [-0.39, 0.29) is 69.7 Å². The second-order valence-corrected chi connectivity index (χ2v) is 14.8. The number of aliphatic hydroxyl groups excluding tert-OH is 7. The zero-order chi connectivity index (χ0) is 36.2. The Morgan fingerprint density at radius 2 is 1.47 bits per heavy atom. The second kappa shape index (κ2) is 17.6. The summed E-state index contributed by atoms with van der Waals surface area (Å²) >= 11 is 0. The number of hydrogen-bond donors (Lipinski definition) is 9. The predicted molar refractivity (Wildman–Crippen MR) is 168 cm³/mol. The van der Waals surface area contributed by atoms with Gasteiger partial charge in [0.05, 0.1) is 64.1 Å². The summed E-state index contributed by atoms with van der Waals surface area (Å²) in [5.41, 5.74) is -1.58. The molecule has 0 spiro atoms. The van der Waals surface area contributed by atoms with Gasteiger partial charge in [-0.1, -0.05) is 20.8 Å². The van der Waals surface area contributed by atoms with Gasteiger partial charge in [0.15, 0.2) is 6.10 Å². The molecule has 11 unspecified atom stereocenters. The van der Waals surface area contributed by atoms with Crippen LogP contribution in [0.15, 0.2) is 0 Å². The van der Waals surface area contributed by atoms with Crippen LogP contribution in [0, 0.1) is 29.6 Å². The Hall–Kier alpha value is -1.09. The number of aliphatic hydroxyl groups is 8. The van der Waals surface area contributed by atoms with Crippen LogP contribution in [0.4, 0.5) is 0 Å². The van der Waals surface area contributed by atoms with E-state index in [1.807, 2.05) is 20.8 Å².